The largest absolute Gasteiger partial charge is 0.502 e. The molecular formula is C3H4O2. The van der Waals surface area contributed by atoms with Crippen LogP contribution in [0.4, 0.5) is 0 Å². The lowest BCUT2D eigenvalue weighted by atomic mass is 10.7. The van der Waals surface area contributed by atoms with Crippen molar-refractivity contribution in [2.24, 2.45) is 0 Å². The number of allylic oxidation sites excluding steroid dienone is 1. The van der Waals surface area contributed by atoms with Crippen molar-refractivity contribution < 1.29 is 9.90 Å². The third-order valence-electron chi connectivity index (χ3n) is 0.148. The highest BCUT2D eigenvalue weighted by molar-refractivity contribution is 5.47. The molecule has 1 N–H and O–H groups in total. The van der Waals surface area contributed by atoms with Crippen LogP contribution in [0.15, 0.2) is 5.76 Å². The van der Waals surface area contributed by atoms with Gasteiger partial charge in [0.15, 0.2) is 11.7 Å². The van der Waals surface area contributed by atoms with E-state index in [9.17, 15) is 0 Å². The van der Waals surface area contributed by atoms with Crippen LogP contribution in [-0.4, -0.2) is 11.0 Å². The number of hydrogen-bond donors (Lipinski definition) is 1. The van der Waals surface area contributed by atoms with Gasteiger partial charge in [0.1, 0.15) is 0 Å². The van der Waals surface area contributed by atoms with Gasteiger partial charge in [0.05, 0.1) is 0 Å². The fourth-order valence-electron chi connectivity index (χ4n) is 0. The molecule has 0 aliphatic rings. The number of aliphatic hydroxyl groups excluding tert-OH is 1. The highest BCUT2D eigenvalue weighted by atomic mass is 16.3. The molecule has 0 aliphatic heterocycles. The molecule has 0 saturated carbocycles. The van der Waals surface area contributed by atoms with E-state index in [1.54, 1.807) is 0 Å². The van der Waals surface area contributed by atoms with E-state index in [0.29, 0.717) is 0 Å². The Morgan fingerprint density at radius 2 is 2.20 bits per heavy atom. The minimum Gasteiger partial charge on any atom is -0.502 e. The Bertz CT molecular complexity index is 65.0. The van der Waals surface area contributed by atoms with Crippen LogP contribution >= 0.6 is 0 Å². The van der Waals surface area contributed by atoms with Crippen LogP contribution in [-0.2, 0) is 4.79 Å². The number of rotatable bonds is 0. The molecule has 2 nitrogen and oxygen atoms in total. The van der Waals surface area contributed by atoms with Crippen molar-refractivity contribution in [2.45, 2.75) is 6.92 Å². The van der Waals surface area contributed by atoms with Gasteiger partial charge in [-0.1, -0.05) is 0 Å². The first-order chi connectivity index (χ1) is 2.27. The Kier molecular flexibility index (Phi) is 1.32. The van der Waals surface area contributed by atoms with Gasteiger partial charge in [0.25, 0.3) is 0 Å². The fourth-order valence-corrected chi connectivity index (χ4v) is 0. The maximum absolute atomic E-state index is 9.09. The zero-order chi connectivity index (χ0) is 4.28. The van der Waals surface area contributed by atoms with Crippen molar-refractivity contribution in [1.82, 2.24) is 0 Å². The van der Waals surface area contributed by atoms with Gasteiger partial charge in [-0.25, -0.2) is 4.79 Å². The summed E-state index contributed by atoms with van der Waals surface area (Å²) in [5, 5.41) is 7.85. The zero-order valence-corrected chi connectivity index (χ0v) is 2.86. The molecule has 2 heteroatoms. The van der Waals surface area contributed by atoms with Crippen molar-refractivity contribution in [3.05, 3.63) is 5.76 Å². The van der Waals surface area contributed by atoms with Crippen LogP contribution < -0.4 is 0 Å². The van der Waals surface area contributed by atoms with Gasteiger partial charge in [-0.3, -0.25) is 0 Å². The number of hydrogen-bond acceptors (Lipinski definition) is 2. The highest BCUT2D eigenvalue weighted by Gasteiger charge is 1.65. The summed E-state index contributed by atoms with van der Waals surface area (Å²) >= 11 is 0. The van der Waals surface area contributed by atoms with Crippen molar-refractivity contribution in [2.75, 3.05) is 0 Å². The van der Waals surface area contributed by atoms with Crippen molar-refractivity contribution in [3.8, 4) is 0 Å². The summed E-state index contributed by atoms with van der Waals surface area (Å²) in [5.41, 5.74) is 0. The minimum absolute atomic E-state index is 0.301. The molecule has 0 radical (unpaired) electrons. The van der Waals surface area contributed by atoms with Gasteiger partial charge in [-0.05, 0) is 0 Å². The molecule has 5 heavy (non-hydrogen) atoms. The molecule has 0 bridgehead atoms. The summed E-state index contributed by atoms with van der Waals surface area (Å²) in [4.78, 5) is 9.09. The molecule has 0 spiro atoms. The number of carbonyl (C=O) groups excluding carboxylic acids is 1. The molecule has 0 amide bonds. The van der Waals surface area contributed by atoms with E-state index in [1.165, 1.54) is 12.9 Å². The zero-order valence-electron chi connectivity index (χ0n) is 2.86. The second-order valence-electron chi connectivity index (χ2n) is 0.687. The van der Waals surface area contributed by atoms with Gasteiger partial charge in [-0.15, -0.1) is 0 Å². The first-order valence-corrected chi connectivity index (χ1v) is 1.18. The van der Waals surface area contributed by atoms with Crippen molar-refractivity contribution in [3.63, 3.8) is 0 Å². The smallest absolute Gasteiger partial charge is 0.173 e. The third-order valence-corrected chi connectivity index (χ3v) is 0.148. The summed E-state index contributed by atoms with van der Waals surface area (Å²) in [5.74, 6) is 0.949. The van der Waals surface area contributed by atoms with Gasteiger partial charge >= 0.3 is 0 Å². The summed E-state index contributed by atoms with van der Waals surface area (Å²) in [6.07, 6.45) is 0. The van der Waals surface area contributed by atoms with Crippen molar-refractivity contribution >= 4 is 5.94 Å². The lowest BCUT2D eigenvalue weighted by Gasteiger charge is -1.65. The van der Waals surface area contributed by atoms with Crippen LogP contribution in [0.2, 0.25) is 0 Å². The lowest BCUT2D eigenvalue weighted by molar-refractivity contribution is 0.414. The maximum atomic E-state index is 9.09. The SMILES string of the molecule is CC(O)=C=O. The standard InChI is InChI=1S/C3H4O2/c1-3(5)2-4/h5H,1H3. The van der Waals surface area contributed by atoms with Crippen LogP contribution in [0.1, 0.15) is 6.92 Å². The Balaban J connectivity index is 3.60. The van der Waals surface area contributed by atoms with E-state index in [4.69, 9.17) is 9.90 Å². The predicted molar refractivity (Wildman–Crippen MR) is 17.5 cm³/mol. The molecule has 0 fully saturated rings. The fraction of sp³-hybridized carbons (Fsp3) is 0.333. The van der Waals surface area contributed by atoms with E-state index in [0.717, 1.165) is 0 Å². The van der Waals surface area contributed by atoms with Crippen LogP contribution in [0.5, 0.6) is 0 Å². The highest BCUT2D eigenvalue weighted by Crippen LogP contribution is 1.65. The van der Waals surface area contributed by atoms with Gasteiger partial charge in [0.2, 0.25) is 0 Å². The summed E-state index contributed by atoms with van der Waals surface area (Å²) < 4.78 is 0. The minimum atomic E-state index is -0.301. The summed E-state index contributed by atoms with van der Waals surface area (Å²) in [6, 6.07) is 0. The molecule has 28 valence electrons. The van der Waals surface area contributed by atoms with E-state index >= 15 is 0 Å². The molecule has 0 aromatic carbocycles. The Hall–Kier alpha value is -0.750. The Morgan fingerprint density at radius 1 is 2.00 bits per heavy atom. The Morgan fingerprint density at radius 3 is 2.20 bits per heavy atom. The maximum Gasteiger partial charge on any atom is 0.173 e. The Labute approximate surface area is 29.7 Å². The van der Waals surface area contributed by atoms with Gasteiger partial charge in [-0.2, -0.15) is 0 Å². The lowest BCUT2D eigenvalue weighted by Crippen LogP contribution is -1.63. The molecule has 0 heterocycles. The summed E-state index contributed by atoms with van der Waals surface area (Å²) in [7, 11) is 0. The van der Waals surface area contributed by atoms with E-state index < -0.39 is 0 Å². The van der Waals surface area contributed by atoms with Gasteiger partial charge in [0, 0.05) is 6.92 Å². The second kappa shape index (κ2) is 1.56. The van der Waals surface area contributed by atoms with Crippen LogP contribution in [0, 0.1) is 0 Å². The molecule has 0 saturated heterocycles. The topological polar surface area (TPSA) is 37.3 Å². The average Bonchev–Trinajstić information content (AvgIpc) is 1.38. The van der Waals surface area contributed by atoms with E-state index in [1.807, 2.05) is 0 Å². The second-order valence-corrected chi connectivity index (χ2v) is 0.687. The summed E-state index contributed by atoms with van der Waals surface area (Å²) in [6.45, 7) is 1.27. The number of aliphatic hydroxyl groups is 1. The monoisotopic (exact) mass is 72.0 g/mol. The van der Waals surface area contributed by atoms with Crippen LogP contribution in [0.3, 0.4) is 0 Å². The molecular weight excluding hydrogens is 68.0 g/mol. The van der Waals surface area contributed by atoms with E-state index in [2.05, 4.69) is 0 Å². The third kappa shape index (κ3) is 3.25. The normalized spacial score (nSPS) is 5.80. The van der Waals surface area contributed by atoms with Gasteiger partial charge < -0.3 is 5.11 Å². The van der Waals surface area contributed by atoms with E-state index in [-0.39, 0.29) is 5.76 Å². The molecule has 0 aromatic heterocycles. The predicted octanol–water partition coefficient (Wildman–Crippen LogP) is 0.280. The van der Waals surface area contributed by atoms with Crippen molar-refractivity contribution in [1.29, 1.82) is 0 Å². The van der Waals surface area contributed by atoms with Crippen LogP contribution in [0.25, 0.3) is 0 Å². The molecule has 0 rings (SSSR count). The first kappa shape index (κ1) is 4.25. The molecule has 0 unspecified atom stereocenters. The molecule has 0 aromatic rings. The average molecular weight is 72.1 g/mol. The quantitative estimate of drug-likeness (QED) is 0.329. The molecule has 0 aliphatic carbocycles. The molecule has 0 atom stereocenters. The first-order valence-electron chi connectivity index (χ1n) is 1.18.